The van der Waals surface area contributed by atoms with Gasteiger partial charge in [-0.15, -0.1) is 0 Å². The molecule has 0 aromatic carbocycles. The Morgan fingerprint density at radius 2 is 2.06 bits per heavy atom. The number of phosphoric acid groups is 1. The topological polar surface area (TPSA) is 161 Å². The monoisotopic (exact) mass is 503 g/mol. The van der Waals surface area contributed by atoms with Crippen LogP contribution in [0.1, 0.15) is 16.8 Å². The van der Waals surface area contributed by atoms with Gasteiger partial charge in [0, 0.05) is 30.9 Å². The molecule has 0 aliphatic carbocycles. The molecule has 4 heterocycles. The summed E-state index contributed by atoms with van der Waals surface area (Å²) in [6, 6.07) is 12.2. The van der Waals surface area contributed by atoms with Gasteiger partial charge in [0.2, 0.25) is 5.88 Å². The molecule has 0 aliphatic rings. The SMILES string of the molecule is Nc1c(-c2cc(Cc3ccc(OCc4ccnc(Cl)c4)nc3)no2)ccc[n+]1COP(=O)([O-])O. The second-order valence-corrected chi connectivity index (χ2v) is 8.73. The van der Waals surface area contributed by atoms with E-state index in [1.165, 1.54) is 10.8 Å². The van der Waals surface area contributed by atoms with Crippen molar-refractivity contribution in [1.29, 1.82) is 0 Å². The van der Waals surface area contributed by atoms with Crippen LogP contribution in [0, 0.1) is 0 Å². The summed E-state index contributed by atoms with van der Waals surface area (Å²) in [5, 5.41) is 4.47. The zero-order valence-electron chi connectivity index (χ0n) is 17.6. The fourth-order valence-corrected chi connectivity index (χ4v) is 3.51. The van der Waals surface area contributed by atoms with Gasteiger partial charge in [0.05, 0.1) is 11.9 Å². The zero-order valence-corrected chi connectivity index (χ0v) is 19.2. The van der Waals surface area contributed by atoms with Gasteiger partial charge >= 0.3 is 0 Å². The average Bonchev–Trinajstić information content (AvgIpc) is 3.25. The second-order valence-electron chi connectivity index (χ2n) is 7.14. The molecule has 0 spiro atoms. The van der Waals surface area contributed by atoms with Crippen LogP contribution in [0.15, 0.2) is 65.6 Å². The first kappa shape index (κ1) is 23.8. The lowest BCUT2D eigenvalue weighted by Gasteiger charge is -2.14. The number of hydrogen-bond acceptors (Lipinski definition) is 9. The number of halogens is 1. The quantitative estimate of drug-likeness (QED) is 0.197. The first-order chi connectivity index (χ1) is 16.3. The second kappa shape index (κ2) is 10.3. The molecule has 3 N–H and O–H groups in total. The van der Waals surface area contributed by atoms with Crippen molar-refractivity contribution in [1.82, 2.24) is 15.1 Å². The van der Waals surface area contributed by atoms with Crippen molar-refractivity contribution >= 4 is 25.2 Å². The van der Waals surface area contributed by atoms with E-state index < -0.39 is 14.6 Å². The van der Waals surface area contributed by atoms with Gasteiger partial charge in [0.25, 0.3) is 13.6 Å². The van der Waals surface area contributed by atoms with E-state index in [0.29, 0.717) is 41.1 Å². The number of pyridine rings is 3. The lowest BCUT2D eigenvalue weighted by atomic mass is 10.1. The van der Waals surface area contributed by atoms with Gasteiger partial charge in [-0.3, -0.25) is 14.8 Å². The number of nitrogen functional groups attached to an aromatic ring is 1. The van der Waals surface area contributed by atoms with Gasteiger partial charge in [-0.05, 0) is 35.4 Å². The number of hydrogen-bond donors (Lipinski definition) is 2. The smallest absolute Gasteiger partial charge is 0.285 e. The summed E-state index contributed by atoms with van der Waals surface area (Å²) >= 11 is 5.87. The predicted octanol–water partition coefficient (Wildman–Crippen LogP) is 2.26. The zero-order chi connectivity index (χ0) is 24.1. The Hall–Kier alpha value is -3.34. The van der Waals surface area contributed by atoms with Crippen LogP contribution in [0.3, 0.4) is 0 Å². The summed E-state index contributed by atoms with van der Waals surface area (Å²) in [5.41, 5.74) is 8.99. The molecular formula is C21H19ClN5O6P. The predicted molar refractivity (Wildman–Crippen MR) is 118 cm³/mol. The van der Waals surface area contributed by atoms with Crippen LogP contribution in [0.4, 0.5) is 5.82 Å². The standard InChI is InChI=1S/C21H19ClN5O6P/c22-19-9-15(5-6-24-19)12-31-20-4-3-14(11-25-20)8-16-10-18(33-26-16)17-2-1-7-27(21(17)23)13-32-34(28,29)30/h1-7,9-11,23H,8,12-13H2,(H2,28,29,30). The summed E-state index contributed by atoms with van der Waals surface area (Å²) in [7, 11) is -4.88. The van der Waals surface area contributed by atoms with Crippen molar-refractivity contribution in [3.8, 4) is 17.2 Å². The minimum atomic E-state index is -4.88. The van der Waals surface area contributed by atoms with Gasteiger partial charge in [-0.1, -0.05) is 22.8 Å². The van der Waals surface area contributed by atoms with E-state index in [4.69, 9.17) is 31.5 Å². The molecule has 4 rings (SSSR count). The molecule has 1 unspecified atom stereocenters. The molecule has 11 nitrogen and oxygen atoms in total. The molecule has 0 radical (unpaired) electrons. The van der Waals surface area contributed by atoms with Gasteiger partial charge in [-0.25, -0.2) is 14.5 Å². The fourth-order valence-electron chi connectivity index (χ4n) is 3.04. The first-order valence-corrected chi connectivity index (χ1v) is 11.7. The first-order valence-electron chi connectivity index (χ1n) is 9.87. The van der Waals surface area contributed by atoms with Crippen LogP contribution in [-0.2, 0) is 28.8 Å². The molecule has 0 amide bonds. The fraction of sp³-hybridized carbons (Fsp3) is 0.143. The van der Waals surface area contributed by atoms with Crippen molar-refractivity contribution in [2.45, 2.75) is 19.8 Å². The van der Waals surface area contributed by atoms with E-state index in [0.717, 1.165) is 11.1 Å². The van der Waals surface area contributed by atoms with Gasteiger partial charge in [0.15, 0.2) is 12.5 Å². The van der Waals surface area contributed by atoms with Crippen molar-refractivity contribution in [3.05, 3.63) is 83.0 Å². The Balaban J connectivity index is 1.40. The normalized spacial score (nSPS) is 12.9. The summed E-state index contributed by atoms with van der Waals surface area (Å²) < 4.78 is 27.6. The van der Waals surface area contributed by atoms with Crippen LogP contribution in [0.5, 0.6) is 5.88 Å². The Kier molecular flexibility index (Phi) is 7.20. The van der Waals surface area contributed by atoms with Crippen LogP contribution in [-0.4, -0.2) is 20.0 Å². The molecule has 0 bridgehead atoms. The van der Waals surface area contributed by atoms with E-state index in [1.54, 1.807) is 42.7 Å². The highest BCUT2D eigenvalue weighted by molar-refractivity contribution is 7.44. The molecule has 13 heteroatoms. The molecule has 0 aliphatic heterocycles. The Labute approximate surface area is 199 Å². The highest BCUT2D eigenvalue weighted by Crippen LogP contribution is 2.30. The van der Waals surface area contributed by atoms with Crippen molar-refractivity contribution in [3.63, 3.8) is 0 Å². The third-order valence-electron chi connectivity index (χ3n) is 4.66. The van der Waals surface area contributed by atoms with E-state index >= 15 is 0 Å². The van der Waals surface area contributed by atoms with Crippen LogP contribution < -0.4 is 19.9 Å². The molecule has 0 saturated heterocycles. The highest BCUT2D eigenvalue weighted by Gasteiger charge is 2.18. The minimum absolute atomic E-state index is 0.178. The Morgan fingerprint density at radius 3 is 2.79 bits per heavy atom. The van der Waals surface area contributed by atoms with Crippen LogP contribution in [0.25, 0.3) is 11.3 Å². The highest BCUT2D eigenvalue weighted by atomic mass is 35.5. The molecular weight excluding hydrogens is 485 g/mol. The maximum Gasteiger partial charge on any atom is 0.285 e. The maximum absolute atomic E-state index is 10.8. The maximum atomic E-state index is 10.8. The van der Waals surface area contributed by atoms with Gasteiger partial charge in [-0.2, -0.15) is 0 Å². The number of anilines is 1. The number of phosphoric ester groups is 1. The third-order valence-corrected chi connectivity index (χ3v) is 5.31. The summed E-state index contributed by atoms with van der Waals surface area (Å²) in [4.78, 5) is 27.9. The molecule has 34 heavy (non-hydrogen) atoms. The van der Waals surface area contributed by atoms with Gasteiger partial charge in [0.1, 0.15) is 17.3 Å². The van der Waals surface area contributed by atoms with Crippen molar-refractivity contribution in [2.75, 3.05) is 5.73 Å². The number of rotatable bonds is 9. The molecule has 176 valence electrons. The lowest BCUT2D eigenvalue weighted by Crippen LogP contribution is -2.38. The Morgan fingerprint density at radius 1 is 1.21 bits per heavy atom. The largest absolute Gasteiger partial charge is 0.756 e. The van der Waals surface area contributed by atoms with E-state index in [-0.39, 0.29) is 5.82 Å². The molecule has 4 aromatic rings. The van der Waals surface area contributed by atoms with E-state index in [2.05, 4.69) is 19.6 Å². The number of nitrogens with zero attached hydrogens (tertiary/aromatic N) is 4. The van der Waals surface area contributed by atoms with E-state index in [9.17, 15) is 9.46 Å². The summed E-state index contributed by atoms with van der Waals surface area (Å²) in [6.45, 7) is -0.165. The summed E-state index contributed by atoms with van der Waals surface area (Å²) in [5.74, 6) is 1.03. The molecule has 0 fully saturated rings. The number of ether oxygens (including phenoxy) is 1. The summed E-state index contributed by atoms with van der Waals surface area (Å²) in [6.07, 6.45) is 5.25. The van der Waals surface area contributed by atoms with Gasteiger partial charge < -0.3 is 19.0 Å². The lowest BCUT2D eigenvalue weighted by molar-refractivity contribution is -0.712. The van der Waals surface area contributed by atoms with Crippen LogP contribution in [0.2, 0.25) is 5.15 Å². The van der Waals surface area contributed by atoms with Crippen molar-refractivity contribution < 1.29 is 32.7 Å². The molecule has 4 aromatic heterocycles. The number of nitrogens with two attached hydrogens (primary N) is 1. The minimum Gasteiger partial charge on any atom is -0.756 e. The average molecular weight is 504 g/mol. The van der Waals surface area contributed by atoms with Crippen molar-refractivity contribution in [2.24, 2.45) is 0 Å². The molecule has 0 saturated carbocycles. The Bertz CT molecular complexity index is 1330. The van der Waals surface area contributed by atoms with E-state index in [1.807, 2.05) is 12.1 Å². The third kappa shape index (κ3) is 6.37. The molecule has 1 atom stereocenters. The number of aromatic nitrogens is 4. The van der Waals surface area contributed by atoms with Crippen LogP contribution >= 0.6 is 19.4 Å².